The third-order valence-corrected chi connectivity index (χ3v) is 1.08. The van der Waals surface area contributed by atoms with E-state index in [9.17, 15) is 4.79 Å². The second-order valence-corrected chi connectivity index (χ2v) is 2.39. The third kappa shape index (κ3) is 2.98. The lowest BCUT2D eigenvalue weighted by Gasteiger charge is -2.01. The van der Waals surface area contributed by atoms with Crippen LogP contribution in [0.4, 0.5) is 0 Å². The monoisotopic (exact) mass is 134 g/mol. The van der Waals surface area contributed by atoms with E-state index >= 15 is 0 Å². The summed E-state index contributed by atoms with van der Waals surface area (Å²) in [5.41, 5.74) is 0. The molecule has 0 spiro atoms. The van der Waals surface area contributed by atoms with Crippen LogP contribution in [-0.2, 0) is 9.32 Å². The molecule has 0 fully saturated rings. The predicted molar refractivity (Wildman–Crippen MR) is 35.2 cm³/mol. The maximum Gasteiger partial charge on any atom is 0.310 e. The fraction of sp³-hybridized carbons (Fsp3) is 0.800. The topological polar surface area (TPSA) is 26.3 Å². The Morgan fingerprint density at radius 3 is 2.25 bits per heavy atom. The molecule has 0 rings (SSSR count). The van der Waals surface area contributed by atoms with Gasteiger partial charge >= 0.3 is 5.97 Å². The molecule has 0 aliphatic rings. The fourth-order valence-corrected chi connectivity index (χ4v) is 0.655. The molecule has 0 bridgehead atoms. The van der Waals surface area contributed by atoms with Crippen molar-refractivity contribution in [1.82, 2.24) is 0 Å². The van der Waals surface area contributed by atoms with E-state index in [1.165, 1.54) is 0 Å². The highest BCUT2D eigenvalue weighted by Crippen LogP contribution is 2.08. The van der Waals surface area contributed by atoms with Crippen LogP contribution in [-0.4, -0.2) is 12.6 Å². The van der Waals surface area contributed by atoms with Gasteiger partial charge in [-0.05, 0) is 6.66 Å². The molecule has 0 amide bonds. The van der Waals surface area contributed by atoms with Crippen LogP contribution in [0.3, 0.4) is 0 Å². The van der Waals surface area contributed by atoms with Crippen LogP contribution in [0.15, 0.2) is 0 Å². The van der Waals surface area contributed by atoms with E-state index in [4.69, 9.17) is 4.52 Å². The molecule has 0 aliphatic heterocycles. The molecule has 2 nitrogen and oxygen atoms in total. The molecule has 0 aromatic carbocycles. The third-order valence-electron chi connectivity index (χ3n) is 0.674. The van der Waals surface area contributed by atoms with Crippen LogP contribution in [0.5, 0.6) is 0 Å². The van der Waals surface area contributed by atoms with Crippen molar-refractivity contribution in [1.29, 1.82) is 0 Å². The van der Waals surface area contributed by atoms with Gasteiger partial charge in [0.15, 0.2) is 0 Å². The van der Waals surface area contributed by atoms with E-state index < -0.39 is 0 Å². The van der Waals surface area contributed by atoms with Crippen LogP contribution in [0.2, 0.25) is 0 Å². The Hall–Kier alpha value is -0.100. The molecule has 0 aliphatic carbocycles. The van der Waals surface area contributed by atoms with Gasteiger partial charge in [-0.15, -0.1) is 0 Å². The van der Waals surface area contributed by atoms with Crippen molar-refractivity contribution in [2.75, 3.05) is 6.66 Å². The van der Waals surface area contributed by atoms with Gasteiger partial charge < -0.3 is 4.52 Å². The Morgan fingerprint density at radius 1 is 1.62 bits per heavy atom. The summed E-state index contributed by atoms with van der Waals surface area (Å²) in [6, 6.07) is 0. The van der Waals surface area contributed by atoms with Crippen LogP contribution < -0.4 is 0 Å². The van der Waals surface area contributed by atoms with Crippen molar-refractivity contribution in [3.63, 3.8) is 0 Å². The van der Waals surface area contributed by atoms with Crippen molar-refractivity contribution < 1.29 is 9.32 Å². The Bertz CT molecular complexity index is 80.5. The Kier molecular flexibility index (Phi) is 3.80. The van der Waals surface area contributed by atoms with Crippen molar-refractivity contribution in [2.45, 2.75) is 13.8 Å². The summed E-state index contributed by atoms with van der Waals surface area (Å²) < 4.78 is 4.69. The molecule has 0 saturated heterocycles. The summed E-state index contributed by atoms with van der Waals surface area (Å²) in [5.74, 6) is -0.0896. The van der Waals surface area contributed by atoms with Gasteiger partial charge in [0.1, 0.15) is 0 Å². The molecule has 0 aromatic rings. The zero-order chi connectivity index (χ0) is 6.57. The first-order valence-electron chi connectivity index (χ1n) is 2.56. The first-order chi connectivity index (χ1) is 3.68. The summed E-state index contributed by atoms with van der Waals surface area (Å²) >= 11 is 0. The molecular weight excluding hydrogens is 123 g/mol. The molecule has 0 radical (unpaired) electrons. The SMILES string of the molecule is CPOC(=O)C(C)C. The Balaban J connectivity index is 3.33. The van der Waals surface area contributed by atoms with E-state index in [1.54, 1.807) is 0 Å². The van der Waals surface area contributed by atoms with Crippen LogP contribution >= 0.6 is 8.81 Å². The normalized spacial score (nSPS) is 11.0. The van der Waals surface area contributed by atoms with Gasteiger partial charge in [0.25, 0.3) is 0 Å². The summed E-state index contributed by atoms with van der Waals surface area (Å²) in [7, 11) is 0.281. The summed E-state index contributed by atoms with van der Waals surface area (Å²) in [6.45, 7) is 5.48. The zero-order valence-corrected chi connectivity index (χ0v) is 6.39. The lowest BCUT2D eigenvalue weighted by atomic mass is 10.2. The zero-order valence-electron chi connectivity index (χ0n) is 5.39. The van der Waals surface area contributed by atoms with Crippen LogP contribution in [0, 0.1) is 5.92 Å². The quantitative estimate of drug-likeness (QED) is 0.533. The lowest BCUT2D eigenvalue weighted by molar-refractivity contribution is -0.136. The summed E-state index contributed by atoms with van der Waals surface area (Å²) in [4.78, 5) is 10.5. The second kappa shape index (κ2) is 3.85. The summed E-state index contributed by atoms with van der Waals surface area (Å²) in [6.07, 6.45) is 0. The van der Waals surface area contributed by atoms with Crippen molar-refractivity contribution in [3.8, 4) is 0 Å². The average molecular weight is 134 g/mol. The predicted octanol–water partition coefficient (Wildman–Crippen LogP) is 1.41. The highest BCUT2D eigenvalue weighted by Gasteiger charge is 2.05. The first kappa shape index (κ1) is 7.90. The van der Waals surface area contributed by atoms with Crippen molar-refractivity contribution in [3.05, 3.63) is 0 Å². The molecular formula is C5H11O2P. The van der Waals surface area contributed by atoms with Gasteiger partial charge in [0, 0.05) is 0 Å². The highest BCUT2D eigenvalue weighted by molar-refractivity contribution is 7.31. The summed E-state index contributed by atoms with van der Waals surface area (Å²) in [5, 5.41) is 0. The van der Waals surface area contributed by atoms with Crippen LogP contribution in [0.25, 0.3) is 0 Å². The van der Waals surface area contributed by atoms with E-state index in [-0.39, 0.29) is 20.7 Å². The van der Waals surface area contributed by atoms with E-state index in [1.807, 2.05) is 20.5 Å². The van der Waals surface area contributed by atoms with Gasteiger partial charge in [-0.1, -0.05) is 13.8 Å². The highest BCUT2D eigenvalue weighted by atomic mass is 31.1. The molecule has 0 N–H and O–H groups in total. The molecule has 0 heterocycles. The number of carbonyl (C=O) groups excluding carboxylic acids is 1. The Morgan fingerprint density at radius 2 is 2.12 bits per heavy atom. The lowest BCUT2D eigenvalue weighted by Crippen LogP contribution is -2.05. The minimum Gasteiger partial charge on any atom is -0.448 e. The van der Waals surface area contributed by atoms with Gasteiger partial charge in [0.2, 0.25) is 0 Å². The molecule has 48 valence electrons. The number of rotatable bonds is 2. The minimum absolute atomic E-state index is 0.0162. The van der Waals surface area contributed by atoms with Crippen LogP contribution in [0.1, 0.15) is 13.8 Å². The first-order valence-corrected chi connectivity index (χ1v) is 3.96. The van der Waals surface area contributed by atoms with Gasteiger partial charge in [-0.25, -0.2) is 0 Å². The van der Waals surface area contributed by atoms with E-state index in [0.29, 0.717) is 0 Å². The van der Waals surface area contributed by atoms with Gasteiger partial charge in [0.05, 0.1) is 14.7 Å². The molecule has 1 atom stereocenters. The van der Waals surface area contributed by atoms with Crippen molar-refractivity contribution in [2.24, 2.45) is 5.92 Å². The molecule has 8 heavy (non-hydrogen) atoms. The van der Waals surface area contributed by atoms with Crippen molar-refractivity contribution >= 4 is 14.8 Å². The van der Waals surface area contributed by atoms with E-state index in [0.717, 1.165) is 0 Å². The number of carbonyl (C=O) groups is 1. The molecule has 1 unspecified atom stereocenters. The Labute approximate surface area is 51.5 Å². The molecule has 0 aromatic heterocycles. The van der Waals surface area contributed by atoms with E-state index in [2.05, 4.69) is 0 Å². The molecule has 3 heteroatoms. The molecule has 0 saturated carbocycles. The van der Waals surface area contributed by atoms with Gasteiger partial charge in [-0.2, -0.15) is 0 Å². The second-order valence-electron chi connectivity index (χ2n) is 1.78. The standard InChI is InChI=1S/C5H11O2P/c1-4(2)5(6)7-8-3/h4,8H,1-3H3. The number of hydrogen-bond donors (Lipinski definition) is 0. The maximum absolute atomic E-state index is 10.5. The van der Waals surface area contributed by atoms with Gasteiger partial charge in [-0.3, -0.25) is 4.79 Å². The minimum atomic E-state index is -0.106. The smallest absolute Gasteiger partial charge is 0.310 e. The average Bonchev–Trinajstić information content (AvgIpc) is 1.67. The largest absolute Gasteiger partial charge is 0.448 e. The maximum atomic E-state index is 10.5. The number of hydrogen-bond acceptors (Lipinski definition) is 2. The fourth-order valence-electron chi connectivity index (χ4n) is 0.218.